The lowest BCUT2D eigenvalue weighted by Crippen LogP contribution is -2.36. The molecule has 3 heteroatoms. The van der Waals surface area contributed by atoms with Gasteiger partial charge >= 0.3 is 0 Å². The first-order valence-corrected chi connectivity index (χ1v) is 8.10. The lowest BCUT2D eigenvalue weighted by Gasteiger charge is -2.21. The number of nitrogens with zero attached hydrogens (tertiary/aromatic N) is 1. The van der Waals surface area contributed by atoms with E-state index >= 15 is 0 Å². The normalized spacial score (nSPS) is 12.4. The van der Waals surface area contributed by atoms with E-state index in [1.165, 1.54) is 0 Å². The minimum Gasteiger partial charge on any atom is -0.355 e. The Hall–Kier alpha value is -2.13. The van der Waals surface area contributed by atoms with Crippen molar-refractivity contribution in [1.82, 2.24) is 10.2 Å². The third-order valence-corrected chi connectivity index (χ3v) is 3.83. The predicted octanol–water partition coefficient (Wildman–Crippen LogP) is 3.13. The van der Waals surface area contributed by atoms with Crippen LogP contribution in [0, 0.1) is 5.92 Å². The average Bonchev–Trinajstić information content (AvgIpc) is 2.55. The summed E-state index contributed by atoms with van der Waals surface area (Å²) in [4.78, 5) is 15.0. The Morgan fingerprint density at radius 3 is 1.87 bits per heavy atom. The minimum absolute atomic E-state index is 0.0630. The Morgan fingerprint density at radius 1 is 0.957 bits per heavy atom. The fourth-order valence-electron chi connectivity index (χ4n) is 2.85. The van der Waals surface area contributed by atoms with Gasteiger partial charge in [-0.1, -0.05) is 67.6 Å². The summed E-state index contributed by atoms with van der Waals surface area (Å²) in [6, 6.07) is 19.9. The summed E-state index contributed by atoms with van der Waals surface area (Å²) >= 11 is 0. The van der Waals surface area contributed by atoms with Crippen LogP contribution in [0.25, 0.3) is 0 Å². The van der Waals surface area contributed by atoms with Gasteiger partial charge in [0, 0.05) is 13.1 Å². The molecule has 0 radical (unpaired) electrons. The molecule has 0 heterocycles. The molecule has 1 amide bonds. The van der Waals surface area contributed by atoms with Crippen LogP contribution >= 0.6 is 0 Å². The molecule has 0 unspecified atom stereocenters. The molecule has 0 saturated carbocycles. The van der Waals surface area contributed by atoms with Crippen LogP contribution in [0.15, 0.2) is 60.7 Å². The molecule has 2 aromatic carbocycles. The Kier molecular flexibility index (Phi) is 6.36. The monoisotopic (exact) mass is 310 g/mol. The van der Waals surface area contributed by atoms with Crippen LogP contribution in [0.4, 0.5) is 0 Å². The van der Waals surface area contributed by atoms with Crippen LogP contribution in [0.3, 0.4) is 0 Å². The van der Waals surface area contributed by atoms with Gasteiger partial charge in [0.05, 0.1) is 5.92 Å². The Balaban J connectivity index is 2.13. The van der Waals surface area contributed by atoms with E-state index in [0.717, 1.165) is 17.7 Å². The number of carbonyl (C=O) groups excluding carboxylic acids is 1. The van der Waals surface area contributed by atoms with Gasteiger partial charge in [0.25, 0.3) is 0 Å². The van der Waals surface area contributed by atoms with E-state index in [2.05, 4.69) is 31.2 Å². The number of benzene rings is 2. The maximum atomic E-state index is 12.8. The maximum Gasteiger partial charge on any atom is 0.232 e. The lowest BCUT2D eigenvalue weighted by atomic mass is 9.90. The summed E-state index contributed by atoms with van der Waals surface area (Å²) in [6.07, 6.45) is 0. The van der Waals surface area contributed by atoms with Crippen LogP contribution in [0.5, 0.6) is 0 Å². The van der Waals surface area contributed by atoms with E-state index in [1.54, 1.807) is 0 Å². The summed E-state index contributed by atoms with van der Waals surface area (Å²) in [5.41, 5.74) is 2.05. The van der Waals surface area contributed by atoms with Crippen molar-refractivity contribution in [3.05, 3.63) is 71.8 Å². The SMILES string of the molecule is C[C@@H](CNC(=O)C(c1ccccc1)c1ccccc1)CN(C)C. The van der Waals surface area contributed by atoms with Gasteiger partial charge in [-0.15, -0.1) is 0 Å². The van der Waals surface area contributed by atoms with Crippen molar-refractivity contribution >= 4 is 5.91 Å². The first kappa shape index (κ1) is 17.2. The predicted molar refractivity (Wildman–Crippen MR) is 95.5 cm³/mol. The van der Waals surface area contributed by atoms with Crippen LogP contribution in [0.1, 0.15) is 24.0 Å². The molecule has 0 aromatic heterocycles. The smallest absolute Gasteiger partial charge is 0.232 e. The molecular formula is C20H26N2O. The minimum atomic E-state index is -0.260. The number of carbonyl (C=O) groups is 1. The van der Waals surface area contributed by atoms with Crippen molar-refractivity contribution in [3.63, 3.8) is 0 Å². The topological polar surface area (TPSA) is 32.3 Å². The van der Waals surface area contributed by atoms with Crippen molar-refractivity contribution in [3.8, 4) is 0 Å². The molecular weight excluding hydrogens is 284 g/mol. The fourth-order valence-corrected chi connectivity index (χ4v) is 2.85. The first-order valence-electron chi connectivity index (χ1n) is 8.10. The highest BCUT2D eigenvalue weighted by Gasteiger charge is 2.22. The highest BCUT2D eigenvalue weighted by Crippen LogP contribution is 2.24. The summed E-state index contributed by atoms with van der Waals surface area (Å²) < 4.78 is 0. The van der Waals surface area contributed by atoms with E-state index < -0.39 is 0 Å². The van der Waals surface area contributed by atoms with Crippen LogP contribution in [0.2, 0.25) is 0 Å². The standard InChI is InChI=1S/C20H26N2O/c1-16(15-22(2)3)14-21-20(23)19(17-10-6-4-7-11-17)18-12-8-5-9-13-18/h4-13,16,19H,14-15H2,1-3H3,(H,21,23)/t16-/m0/s1. The molecule has 1 atom stereocenters. The van der Waals surface area contributed by atoms with E-state index in [1.807, 2.05) is 60.7 Å². The van der Waals surface area contributed by atoms with E-state index in [-0.39, 0.29) is 11.8 Å². The quantitative estimate of drug-likeness (QED) is 0.852. The van der Waals surface area contributed by atoms with Gasteiger partial charge < -0.3 is 10.2 Å². The molecule has 3 nitrogen and oxygen atoms in total. The molecule has 122 valence electrons. The highest BCUT2D eigenvalue weighted by molar-refractivity contribution is 5.87. The number of nitrogens with one attached hydrogen (secondary N) is 1. The number of hydrogen-bond donors (Lipinski definition) is 1. The summed E-state index contributed by atoms with van der Waals surface area (Å²) in [6.45, 7) is 3.80. The molecule has 0 aliphatic rings. The number of rotatable bonds is 7. The average molecular weight is 310 g/mol. The van der Waals surface area contributed by atoms with Crippen LogP contribution in [-0.2, 0) is 4.79 Å². The molecule has 0 bridgehead atoms. The van der Waals surface area contributed by atoms with Gasteiger partial charge in [0.15, 0.2) is 0 Å². The van der Waals surface area contributed by atoms with Crippen molar-refractivity contribution < 1.29 is 4.79 Å². The zero-order valence-corrected chi connectivity index (χ0v) is 14.2. The van der Waals surface area contributed by atoms with Gasteiger partial charge in [-0.25, -0.2) is 0 Å². The molecule has 0 fully saturated rings. The Labute approximate surface area is 139 Å². The second-order valence-electron chi connectivity index (χ2n) is 6.37. The van der Waals surface area contributed by atoms with Gasteiger partial charge in [0.1, 0.15) is 0 Å². The van der Waals surface area contributed by atoms with Gasteiger partial charge in [-0.05, 0) is 31.1 Å². The lowest BCUT2D eigenvalue weighted by molar-refractivity contribution is -0.121. The molecule has 23 heavy (non-hydrogen) atoms. The molecule has 2 rings (SSSR count). The van der Waals surface area contributed by atoms with Crippen LogP contribution in [-0.4, -0.2) is 38.0 Å². The van der Waals surface area contributed by atoms with Crippen molar-refractivity contribution in [2.24, 2.45) is 5.92 Å². The number of amides is 1. The fraction of sp³-hybridized carbons (Fsp3) is 0.350. The third kappa shape index (κ3) is 5.22. The molecule has 0 spiro atoms. The molecule has 0 aliphatic carbocycles. The summed E-state index contributed by atoms with van der Waals surface area (Å²) in [5, 5.41) is 3.12. The third-order valence-electron chi connectivity index (χ3n) is 3.83. The maximum absolute atomic E-state index is 12.8. The van der Waals surface area contributed by atoms with E-state index in [9.17, 15) is 4.79 Å². The first-order chi connectivity index (χ1) is 11.1. The molecule has 0 saturated heterocycles. The zero-order valence-electron chi connectivity index (χ0n) is 14.2. The van der Waals surface area contributed by atoms with Crippen LogP contribution < -0.4 is 5.32 Å². The molecule has 0 aliphatic heterocycles. The van der Waals surface area contributed by atoms with Gasteiger partial charge in [-0.2, -0.15) is 0 Å². The van der Waals surface area contributed by atoms with Crippen molar-refractivity contribution in [2.45, 2.75) is 12.8 Å². The summed E-state index contributed by atoms with van der Waals surface area (Å²) in [5.74, 6) is 0.220. The Bertz CT molecular complexity index is 556. The van der Waals surface area contributed by atoms with Gasteiger partial charge in [0.2, 0.25) is 5.91 Å². The van der Waals surface area contributed by atoms with Gasteiger partial charge in [-0.3, -0.25) is 4.79 Å². The van der Waals surface area contributed by atoms with Crippen molar-refractivity contribution in [1.29, 1.82) is 0 Å². The second-order valence-corrected chi connectivity index (χ2v) is 6.37. The summed E-state index contributed by atoms with van der Waals surface area (Å²) in [7, 11) is 4.10. The number of hydrogen-bond acceptors (Lipinski definition) is 2. The van der Waals surface area contributed by atoms with E-state index in [4.69, 9.17) is 0 Å². The molecule has 2 aromatic rings. The van der Waals surface area contributed by atoms with E-state index in [0.29, 0.717) is 12.5 Å². The molecule has 1 N–H and O–H groups in total. The second kappa shape index (κ2) is 8.49. The Morgan fingerprint density at radius 2 is 1.43 bits per heavy atom. The highest BCUT2D eigenvalue weighted by atomic mass is 16.1. The van der Waals surface area contributed by atoms with Crippen molar-refractivity contribution in [2.75, 3.05) is 27.2 Å². The zero-order chi connectivity index (χ0) is 16.7. The largest absolute Gasteiger partial charge is 0.355 e.